The van der Waals surface area contributed by atoms with Crippen molar-refractivity contribution in [3.05, 3.63) is 22.4 Å². The van der Waals surface area contributed by atoms with Crippen LogP contribution in [0.4, 0.5) is 0 Å². The second-order valence-corrected chi connectivity index (χ2v) is 6.50. The second-order valence-electron chi connectivity index (χ2n) is 5.56. The monoisotopic (exact) mass is 278 g/mol. The van der Waals surface area contributed by atoms with Gasteiger partial charge in [-0.1, -0.05) is 17.6 Å². The van der Waals surface area contributed by atoms with Crippen LogP contribution >= 0.6 is 11.3 Å². The van der Waals surface area contributed by atoms with E-state index in [1.54, 1.807) is 0 Å². The highest BCUT2D eigenvalue weighted by atomic mass is 32.1. The maximum Gasteiger partial charge on any atom is 0.335 e. The lowest BCUT2D eigenvalue weighted by molar-refractivity contribution is -0.145. The standard InChI is InChI=1S/C14H18N2O2S/c15-14(12-2-1-5-19-12)16-18-13(17)8-11-7-9-3-4-10(11)6-9/h1-2,5,9-11H,3-4,6-8H2,(H2,15,16)/t9-,10-,11-/m0/s1. The van der Waals surface area contributed by atoms with E-state index in [9.17, 15) is 4.79 Å². The van der Waals surface area contributed by atoms with Gasteiger partial charge in [0.15, 0.2) is 5.84 Å². The van der Waals surface area contributed by atoms with E-state index in [1.165, 1.54) is 37.0 Å². The van der Waals surface area contributed by atoms with E-state index in [0.29, 0.717) is 12.3 Å². The molecule has 4 nitrogen and oxygen atoms in total. The van der Waals surface area contributed by atoms with Crippen molar-refractivity contribution in [1.82, 2.24) is 0 Å². The highest BCUT2D eigenvalue weighted by Gasteiger charge is 2.40. The number of thiophene rings is 1. The van der Waals surface area contributed by atoms with Gasteiger partial charge in [-0.15, -0.1) is 11.3 Å². The number of fused-ring (bicyclic) bond motifs is 2. The van der Waals surface area contributed by atoms with Crippen molar-refractivity contribution in [1.29, 1.82) is 0 Å². The van der Waals surface area contributed by atoms with E-state index in [-0.39, 0.29) is 11.8 Å². The Labute approximate surface area is 116 Å². The van der Waals surface area contributed by atoms with Gasteiger partial charge < -0.3 is 10.6 Å². The summed E-state index contributed by atoms with van der Waals surface area (Å²) in [4.78, 5) is 17.5. The van der Waals surface area contributed by atoms with Crippen molar-refractivity contribution in [2.45, 2.75) is 32.1 Å². The third kappa shape index (κ3) is 2.81. The molecule has 0 aromatic carbocycles. The van der Waals surface area contributed by atoms with E-state index < -0.39 is 0 Å². The third-order valence-electron chi connectivity index (χ3n) is 4.33. The van der Waals surface area contributed by atoms with Gasteiger partial charge in [0.2, 0.25) is 0 Å². The molecule has 0 amide bonds. The average molecular weight is 278 g/mol. The Kier molecular flexibility index (Phi) is 3.55. The first-order chi connectivity index (χ1) is 9.22. The molecule has 0 spiro atoms. The molecule has 2 bridgehead atoms. The first kappa shape index (κ1) is 12.7. The van der Waals surface area contributed by atoms with E-state index in [4.69, 9.17) is 10.6 Å². The number of nitrogens with zero attached hydrogens (tertiary/aromatic N) is 1. The summed E-state index contributed by atoms with van der Waals surface area (Å²) in [6, 6.07) is 3.74. The van der Waals surface area contributed by atoms with Gasteiger partial charge in [-0.3, -0.25) is 0 Å². The van der Waals surface area contributed by atoms with Crippen LogP contribution in [0.15, 0.2) is 22.7 Å². The minimum atomic E-state index is -0.253. The normalized spacial score (nSPS) is 29.7. The van der Waals surface area contributed by atoms with Crippen molar-refractivity contribution in [3.63, 3.8) is 0 Å². The number of nitrogens with two attached hydrogens (primary N) is 1. The predicted molar refractivity (Wildman–Crippen MR) is 74.7 cm³/mol. The van der Waals surface area contributed by atoms with Gasteiger partial charge in [-0.25, -0.2) is 4.79 Å². The maximum absolute atomic E-state index is 11.8. The number of hydrogen-bond donors (Lipinski definition) is 1. The molecule has 2 N–H and O–H groups in total. The van der Waals surface area contributed by atoms with Crippen molar-refractivity contribution in [2.75, 3.05) is 0 Å². The summed E-state index contributed by atoms with van der Waals surface area (Å²) in [6.07, 6.45) is 5.60. The molecule has 1 aromatic rings. The fourth-order valence-corrected chi connectivity index (χ4v) is 4.07. The van der Waals surface area contributed by atoms with Crippen LogP contribution < -0.4 is 5.73 Å². The smallest absolute Gasteiger partial charge is 0.335 e. The Balaban J connectivity index is 1.50. The highest BCUT2D eigenvalue weighted by Crippen LogP contribution is 2.49. The molecule has 5 heteroatoms. The zero-order valence-corrected chi connectivity index (χ0v) is 11.6. The number of amidine groups is 1. The zero-order valence-electron chi connectivity index (χ0n) is 10.7. The topological polar surface area (TPSA) is 64.7 Å². The largest absolute Gasteiger partial charge is 0.380 e. The highest BCUT2D eigenvalue weighted by molar-refractivity contribution is 7.12. The lowest BCUT2D eigenvalue weighted by Crippen LogP contribution is -2.18. The second kappa shape index (κ2) is 5.33. The molecule has 0 radical (unpaired) electrons. The number of carbonyl (C=O) groups excluding carboxylic acids is 1. The number of rotatable bonds is 4. The quantitative estimate of drug-likeness (QED) is 0.398. The Morgan fingerprint density at radius 2 is 2.37 bits per heavy atom. The van der Waals surface area contributed by atoms with Crippen LogP contribution in [0.5, 0.6) is 0 Å². The molecule has 0 unspecified atom stereocenters. The Morgan fingerprint density at radius 3 is 3.00 bits per heavy atom. The average Bonchev–Trinajstić information content (AvgIpc) is 3.12. The van der Waals surface area contributed by atoms with Crippen molar-refractivity contribution >= 4 is 23.1 Å². The molecular weight excluding hydrogens is 260 g/mol. The third-order valence-corrected chi connectivity index (χ3v) is 5.23. The van der Waals surface area contributed by atoms with Crippen LogP contribution in [0, 0.1) is 17.8 Å². The maximum atomic E-state index is 11.8. The summed E-state index contributed by atoms with van der Waals surface area (Å²) in [5.74, 6) is 2.11. The molecule has 102 valence electrons. The molecule has 2 fully saturated rings. The van der Waals surface area contributed by atoms with Crippen LogP contribution in [-0.2, 0) is 9.63 Å². The van der Waals surface area contributed by atoms with Crippen molar-refractivity contribution in [3.8, 4) is 0 Å². The lowest BCUT2D eigenvalue weighted by Gasteiger charge is -2.19. The fraction of sp³-hybridized carbons (Fsp3) is 0.571. The SMILES string of the molecule is N/C(=N/OC(=O)C[C@@H]1C[C@H]2CC[C@H]1C2)c1cccs1. The van der Waals surface area contributed by atoms with Crippen LogP contribution in [0.3, 0.4) is 0 Å². The van der Waals surface area contributed by atoms with E-state index in [1.807, 2.05) is 17.5 Å². The Bertz CT molecular complexity index is 484. The molecule has 0 saturated heterocycles. The lowest BCUT2D eigenvalue weighted by atomic mass is 9.86. The van der Waals surface area contributed by atoms with Crippen LogP contribution in [-0.4, -0.2) is 11.8 Å². The summed E-state index contributed by atoms with van der Waals surface area (Å²) in [5.41, 5.74) is 5.74. The van der Waals surface area contributed by atoms with Gasteiger partial charge in [0, 0.05) is 0 Å². The summed E-state index contributed by atoms with van der Waals surface area (Å²) < 4.78 is 0. The first-order valence-electron chi connectivity index (χ1n) is 6.79. The summed E-state index contributed by atoms with van der Waals surface area (Å²) >= 11 is 1.48. The molecule has 2 aliphatic carbocycles. The van der Waals surface area contributed by atoms with Gasteiger partial charge in [0.25, 0.3) is 0 Å². The van der Waals surface area contributed by atoms with Crippen LogP contribution in [0.25, 0.3) is 0 Å². The zero-order chi connectivity index (χ0) is 13.2. The molecule has 3 atom stereocenters. The molecule has 2 aliphatic rings. The van der Waals surface area contributed by atoms with E-state index >= 15 is 0 Å². The Hall–Kier alpha value is -1.36. The predicted octanol–water partition coefficient (Wildman–Crippen LogP) is 2.74. The van der Waals surface area contributed by atoms with Crippen molar-refractivity contribution in [2.24, 2.45) is 28.6 Å². The summed E-state index contributed by atoms with van der Waals surface area (Å²) in [6.45, 7) is 0. The van der Waals surface area contributed by atoms with Gasteiger partial charge >= 0.3 is 5.97 Å². The number of hydrogen-bond acceptors (Lipinski definition) is 4. The molecular formula is C14H18N2O2S. The van der Waals surface area contributed by atoms with E-state index in [0.717, 1.165) is 16.7 Å². The van der Waals surface area contributed by atoms with Crippen LogP contribution in [0.2, 0.25) is 0 Å². The van der Waals surface area contributed by atoms with E-state index in [2.05, 4.69) is 5.16 Å². The molecule has 1 heterocycles. The molecule has 19 heavy (non-hydrogen) atoms. The summed E-state index contributed by atoms with van der Waals surface area (Å²) in [5, 5.41) is 5.64. The van der Waals surface area contributed by atoms with Gasteiger partial charge in [0.1, 0.15) is 0 Å². The van der Waals surface area contributed by atoms with Crippen LogP contribution in [0.1, 0.15) is 37.0 Å². The fourth-order valence-electron chi connectivity index (χ4n) is 3.45. The number of oxime groups is 1. The van der Waals surface area contributed by atoms with Gasteiger partial charge in [0.05, 0.1) is 11.3 Å². The van der Waals surface area contributed by atoms with Gasteiger partial charge in [-0.2, -0.15) is 0 Å². The molecule has 3 rings (SSSR count). The molecule has 2 saturated carbocycles. The number of carbonyl (C=O) groups is 1. The Morgan fingerprint density at radius 1 is 1.47 bits per heavy atom. The molecule has 0 aliphatic heterocycles. The molecule has 1 aromatic heterocycles. The minimum absolute atomic E-state index is 0.253. The minimum Gasteiger partial charge on any atom is -0.380 e. The summed E-state index contributed by atoms with van der Waals surface area (Å²) in [7, 11) is 0. The van der Waals surface area contributed by atoms with Gasteiger partial charge in [-0.05, 0) is 48.5 Å². The van der Waals surface area contributed by atoms with Crippen molar-refractivity contribution < 1.29 is 9.63 Å². The first-order valence-corrected chi connectivity index (χ1v) is 7.67.